The molecule has 2 unspecified atom stereocenters. The maximum Gasteiger partial charge on any atom is 0.307 e. The lowest BCUT2D eigenvalue weighted by Gasteiger charge is -2.36. The van der Waals surface area contributed by atoms with Crippen molar-refractivity contribution in [1.29, 1.82) is 0 Å². The van der Waals surface area contributed by atoms with E-state index in [1.807, 2.05) is 29.2 Å². The molecule has 4 rings (SSSR count). The Balaban J connectivity index is 1.80. The van der Waals surface area contributed by atoms with Crippen molar-refractivity contribution in [2.75, 3.05) is 13.1 Å². The minimum atomic E-state index is -0.845. The molecule has 1 aromatic heterocycles. The normalized spacial score (nSPS) is 19.3. The van der Waals surface area contributed by atoms with Gasteiger partial charge in [-0.15, -0.1) is 11.3 Å². The quantitative estimate of drug-likeness (QED) is 0.717. The highest BCUT2D eigenvalue weighted by Crippen LogP contribution is 2.37. The largest absolute Gasteiger partial charge is 0.481 e. The van der Waals surface area contributed by atoms with Gasteiger partial charge in [0.1, 0.15) is 16.6 Å². The topological polar surface area (TPSA) is 53.4 Å². The van der Waals surface area contributed by atoms with Crippen molar-refractivity contribution < 1.29 is 18.7 Å². The third-order valence-electron chi connectivity index (χ3n) is 4.97. The van der Waals surface area contributed by atoms with Crippen molar-refractivity contribution in [3.63, 3.8) is 0 Å². The molecule has 27 heavy (non-hydrogen) atoms. The van der Waals surface area contributed by atoms with E-state index in [-0.39, 0.29) is 0 Å². The number of piperidine rings is 1. The summed E-state index contributed by atoms with van der Waals surface area (Å²) in [5, 5.41) is 10.1. The van der Waals surface area contributed by atoms with Gasteiger partial charge in [-0.3, -0.25) is 9.69 Å². The first-order valence-electron chi connectivity index (χ1n) is 8.80. The lowest BCUT2D eigenvalue weighted by atomic mass is 9.94. The van der Waals surface area contributed by atoms with Crippen LogP contribution < -0.4 is 0 Å². The first-order chi connectivity index (χ1) is 13.0. The van der Waals surface area contributed by atoms with Gasteiger partial charge in [-0.05, 0) is 37.6 Å². The minimum absolute atomic E-state index is 0.312. The number of hydrogen-bond acceptors (Lipinski definition) is 4. The van der Waals surface area contributed by atoms with E-state index in [9.17, 15) is 18.7 Å². The number of carboxylic acid groups (broad SMARTS) is 1. The van der Waals surface area contributed by atoms with Crippen LogP contribution in [0.15, 0.2) is 42.5 Å². The molecule has 2 heterocycles. The standard InChI is InChI=1S/C20H18F2N2O2S/c21-13-7-8-14(15(22)10-13)18(24-9-3-4-12(11-24)20(25)26)19-23-16-5-1-2-6-17(16)27-19/h1-2,5-8,10,12,18H,3-4,9,11H2,(H,25,26). The van der Waals surface area contributed by atoms with E-state index < -0.39 is 29.6 Å². The van der Waals surface area contributed by atoms with Gasteiger partial charge in [0.15, 0.2) is 0 Å². The number of thiazole rings is 1. The highest BCUT2D eigenvalue weighted by atomic mass is 32.1. The Morgan fingerprint density at radius 3 is 2.81 bits per heavy atom. The minimum Gasteiger partial charge on any atom is -0.481 e. The lowest BCUT2D eigenvalue weighted by Crippen LogP contribution is -2.41. The number of hydrogen-bond donors (Lipinski definition) is 1. The van der Waals surface area contributed by atoms with Gasteiger partial charge in [0, 0.05) is 18.2 Å². The Hall–Kier alpha value is -2.38. The molecule has 140 valence electrons. The predicted molar refractivity (Wildman–Crippen MR) is 99.8 cm³/mol. The van der Waals surface area contributed by atoms with E-state index in [4.69, 9.17) is 0 Å². The molecule has 0 saturated carbocycles. The molecule has 0 amide bonds. The molecule has 0 spiro atoms. The Labute approximate surface area is 159 Å². The molecule has 4 nitrogen and oxygen atoms in total. The second-order valence-corrected chi connectivity index (χ2v) is 7.82. The molecule has 7 heteroatoms. The van der Waals surface area contributed by atoms with Crippen molar-refractivity contribution >= 4 is 27.5 Å². The molecule has 2 aromatic carbocycles. The number of carbonyl (C=O) groups is 1. The van der Waals surface area contributed by atoms with Gasteiger partial charge < -0.3 is 5.11 Å². The van der Waals surface area contributed by atoms with Crippen LogP contribution in [0, 0.1) is 17.6 Å². The van der Waals surface area contributed by atoms with Crippen LogP contribution in [0.5, 0.6) is 0 Å². The predicted octanol–water partition coefficient (Wildman–Crippen LogP) is 4.46. The van der Waals surface area contributed by atoms with Crippen molar-refractivity contribution in [1.82, 2.24) is 9.88 Å². The summed E-state index contributed by atoms with van der Waals surface area (Å²) in [6.45, 7) is 0.952. The van der Waals surface area contributed by atoms with E-state index in [1.54, 1.807) is 0 Å². The smallest absolute Gasteiger partial charge is 0.307 e. The Bertz CT molecular complexity index is 958. The first-order valence-corrected chi connectivity index (χ1v) is 9.62. The summed E-state index contributed by atoms with van der Waals surface area (Å²) in [6, 6.07) is 10.6. The summed E-state index contributed by atoms with van der Waals surface area (Å²) in [7, 11) is 0. The molecule has 0 bridgehead atoms. The van der Waals surface area contributed by atoms with Crippen molar-refractivity contribution in [3.05, 3.63) is 64.7 Å². The molecule has 0 aliphatic carbocycles. The number of rotatable bonds is 4. The molecule has 1 fully saturated rings. The number of halogens is 2. The van der Waals surface area contributed by atoms with Crippen molar-refractivity contribution in [2.24, 2.45) is 5.92 Å². The van der Waals surface area contributed by atoms with Crippen LogP contribution in [0.3, 0.4) is 0 Å². The number of benzene rings is 2. The summed E-state index contributed by atoms with van der Waals surface area (Å²) in [6.07, 6.45) is 1.31. The SMILES string of the molecule is O=C(O)C1CCCN(C(c2nc3ccccc3s2)c2ccc(F)cc2F)C1. The van der Waals surface area contributed by atoms with Crippen LogP contribution in [0.25, 0.3) is 10.2 Å². The van der Waals surface area contributed by atoms with Crippen LogP contribution in [0.1, 0.15) is 29.5 Å². The zero-order valence-corrected chi connectivity index (χ0v) is 15.3. The zero-order chi connectivity index (χ0) is 19.0. The molecule has 3 aromatic rings. The van der Waals surface area contributed by atoms with Crippen LogP contribution in [0.2, 0.25) is 0 Å². The average Bonchev–Trinajstić information content (AvgIpc) is 3.07. The van der Waals surface area contributed by atoms with E-state index in [2.05, 4.69) is 4.98 Å². The molecule has 1 saturated heterocycles. The zero-order valence-electron chi connectivity index (χ0n) is 14.4. The highest BCUT2D eigenvalue weighted by Gasteiger charge is 2.34. The average molecular weight is 388 g/mol. The van der Waals surface area contributed by atoms with Gasteiger partial charge in [0.25, 0.3) is 0 Å². The fourth-order valence-electron chi connectivity index (χ4n) is 3.66. The number of para-hydroxylation sites is 1. The van der Waals surface area contributed by atoms with E-state index in [0.29, 0.717) is 36.5 Å². The summed E-state index contributed by atoms with van der Waals surface area (Å²) in [5.41, 5.74) is 1.14. The Morgan fingerprint density at radius 2 is 2.07 bits per heavy atom. The number of likely N-dealkylation sites (tertiary alicyclic amines) is 1. The highest BCUT2D eigenvalue weighted by molar-refractivity contribution is 7.18. The Kier molecular flexibility index (Phi) is 4.88. The number of aliphatic carboxylic acids is 1. The summed E-state index contributed by atoms with van der Waals surface area (Å²) in [4.78, 5) is 18.1. The van der Waals surface area contributed by atoms with Crippen LogP contribution >= 0.6 is 11.3 Å². The van der Waals surface area contributed by atoms with E-state index in [1.165, 1.54) is 23.5 Å². The fourth-order valence-corrected chi connectivity index (χ4v) is 4.78. The third kappa shape index (κ3) is 3.57. The van der Waals surface area contributed by atoms with Gasteiger partial charge in [0.2, 0.25) is 0 Å². The fraction of sp³-hybridized carbons (Fsp3) is 0.300. The molecule has 1 aliphatic heterocycles. The van der Waals surface area contributed by atoms with Gasteiger partial charge in [-0.1, -0.05) is 18.2 Å². The first kappa shape index (κ1) is 18.0. The number of nitrogens with zero attached hydrogens (tertiary/aromatic N) is 2. The molecule has 1 aliphatic rings. The summed E-state index contributed by atoms with van der Waals surface area (Å²) >= 11 is 1.46. The monoisotopic (exact) mass is 388 g/mol. The summed E-state index contributed by atoms with van der Waals surface area (Å²) < 4.78 is 29.1. The maximum absolute atomic E-state index is 14.6. The maximum atomic E-state index is 14.6. The van der Waals surface area contributed by atoms with E-state index >= 15 is 0 Å². The molecule has 0 radical (unpaired) electrons. The van der Waals surface area contributed by atoms with Gasteiger partial charge in [0.05, 0.1) is 22.2 Å². The second-order valence-electron chi connectivity index (χ2n) is 6.76. The van der Waals surface area contributed by atoms with Gasteiger partial charge in [-0.2, -0.15) is 0 Å². The van der Waals surface area contributed by atoms with Crippen molar-refractivity contribution in [3.8, 4) is 0 Å². The number of carboxylic acids is 1. The lowest BCUT2D eigenvalue weighted by molar-refractivity contribution is -0.143. The third-order valence-corrected chi connectivity index (χ3v) is 6.06. The van der Waals surface area contributed by atoms with Gasteiger partial charge >= 0.3 is 5.97 Å². The molecule has 1 N–H and O–H groups in total. The van der Waals surface area contributed by atoms with Crippen molar-refractivity contribution in [2.45, 2.75) is 18.9 Å². The molecular formula is C20H18F2N2O2S. The van der Waals surface area contributed by atoms with Gasteiger partial charge in [-0.25, -0.2) is 13.8 Å². The number of fused-ring (bicyclic) bond motifs is 1. The Morgan fingerprint density at radius 1 is 1.26 bits per heavy atom. The van der Waals surface area contributed by atoms with Crippen LogP contribution in [-0.4, -0.2) is 34.0 Å². The van der Waals surface area contributed by atoms with E-state index in [0.717, 1.165) is 16.3 Å². The summed E-state index contributed by atoms with van der Waals surface area (Å²) in [5.74, 6) is -2.63. The number of aromatic nitrogens is 1. The second kappa shape index (κ2) is 7.32. The molecular weight excluding hydrogens is 370 g/mol. The molecule has 2 atom stereocenters. The van der Waals surface area contributed by atoms with Crippen LogP contribution in [0.4, 0.5) is 8.78 Å². The van der Waals surface area contributed by atoms with Crippen LogP contribution in [-0.2, 0) is 4.79 Å².